The summed E-state index contributed by atoms with van der Waals surface area (Å²) in [6, 6.07) is 0. The Kier molecular flexibility index (Phi) is 31.3. The fourth-order valence-corrected chi connectivity index (χ4v) is 5.71. The van der Waals surface area contributed by atoms with Gasteiger partial charge >= 0.3 is 7.82 Å². The molecule has 0 atom stereocenters. The monoisotopic (exact) mass is 566 g/mol. The summed E-state index contributed by atoms with van der Waals surface area (Å²) < 4.78 is 15.0. The summed E-state index contributed by atoms with van der Waals surface area (Å²) in [4.78, 5) is 17.2. The Morgan fingerprint density at radius 3 is 0.757 bits per heavy atom. The second-order valence-corrected chi connectivity index (χ2v) is 12.9. The van der Waals surface area contributed by atoms with E-state index in [9.17, 15) is 4.57 Å². The molecule has 224 valence electrons. The zero-order valence-electron chi connectivity index (χ0n) is 24.5. The van der Waals surface area contributed by atoms with Crippen molar-refractivity contribution in [3.63, 3.8) is 0 Å². The van der Waals surface area contributed by atoms with Gasteiger partial charge in [0.2, 0.25) is 0 Å². The summed E-state index contributed by atoms with van der Waals surface area (Å²) in [5.41, 5.74) is 0. The molecule has 2 N–H and O–H groups in total. The third kappa shape index (κ3) is 36.4. The van der Waals surface area contributed by atoms with Crippen LogP contribution in [-0.4, -0.2) is 22.3 Å². The first kappa shape index (κ1) is 37.4. The van der Waals surface area contributed by atoms with E-state index in [2.05, 4.69) is 4.52 Å². The summed E-state index contributed by atoms with van der Waals surface area (Å²) >= 11 is 5.71. The van der Waals surface area contributed by atoms with Crippen molar-refractivity contribution in [3.05, 3.63) is 0 Å². The fraction of sp³-hybridized carbons (Fsp3) is 1.00. The molecule has 0 bridgehead atoms. The SMILES string of the molecule is O=P(O)(O)OCCCCCCCCCCCCCCCCCCCCCCCCCCCCCCCCl. The Hall–Kier alpha value is 0.400. The Morgan fingerprint density at radius 1 is 0.378 bits per heavy atom. The second-order valence-electron chi connectivity index (χ2n) is 11.3. The van der Waals surface area contributed by atoms with Crippen LogP contribution in [0.4, 0.5) is 0 Å². The van der Waals surface area contributed by atoms with E-state index < -0.39 is 7.82 Å². The van der Waals surface area contributed by atoms with Gasteiger partial charge in [0.1, 0.15) is 0 Å². The molecule has 0 amide bonds. The number of rotatable bonds is 32. The first-order chi connectivity index (χ1) is 18.1. The van der Waals surface area contributed by atoms with Gasteiger partial charge in [-0.05, 0) is 12.8 Å². The molecule has 0 aliphatic rings. The molecular weight excluding hydrogens is 503 g/mol. The Labute approximate surface area is 236 Å². The van der Waals surface area contributed by atoms with Gasteiger partial charge in [-0.25, -0.2) is 4.57 Å². The maximum absolute atomic E-state index is 10.6. The first-order valence-corrected chi connectivity index (χ1v) is 18.4. The smallest absolute Gasteiger partial charge is 0.303 e. The van der Waals surface area contributed by atoms with Gasteiger partial charge in [0.15, 0.2) is 0 Å². The quantitative estimate of drug-likeness (QED) is 0.0482. The summed E-state index contributed by atoms with van der Waals surface area (Å²) in [5.74, 6) is 0.833. The minimum absolute atomic E-state index is 0.168. The van der Waals surface area contributed by atoms with E-state index in [-0.39, 0.29) is 6.61 Å². The molecule has 0 aromatic heterocycles. The number of hydrogen-bond acceptors (Lipinski definition) is 2. The van der Waals surface area contributed by atoms with Gasteiger partial charge in [-0.2, -0.15) is 0 Å². The zero-order chi connectivity index (χ0) is 27.1. The van der Waals surface area contributed by atoms with Crippen LogP contribution >= 0.6 is 19.4 Å². The van der Waals surface area contributed by atoms with Gasteiger partial charge in [-0.3, -0.25) is 4.52 Å². The number of hydrogen-bond donors (Lipinski definition) is 2. The van der Waals surface area contributed by atoms with Crippen molar-refractivity contribution in [2.45, 2.75) is 186 Å². The molecule has 0 rings (SSSR count). The molecular formula is C31H64ClO4P. The normalized spacial score (nSPS) is 12.0. The highest BCUT2D eigenvalue weighted by Crippen LogP contribution is 2.35. The minimum Gasteiger partial charge on any atom is -0.303 e. The highest BCUT2D eigenvalue weighted by molar-refractivity contribution is 7.46. The minimum atomic E-state index is -4.27. The van der Waals surface area contributed by atoms with Gasteiger partial charge in [0.25, 0.3) is 0 Å². The zero-order valence-corrected chi connectivity index (χ0v) is 26.1. The van der Waals surface area contributed by atoms with Crippen molar-refractivity contribution in [1.82, 2.24) is 0 Å². The van der Waals surface area contributed by atoms with Crippen LogP contribution in [0.2, 0.25) is 0 Å². The first-order valence-electron chi connectivity index (χ1n) is 16.3. The van der Waals surface area contributed by atoms with E-state index >= 15 is 0 Å². The number of alkyl halides is 1. The summed E-state index contributed by atoms with van der Waals surface area (Å²) in [6.45, 7) is 0.168. The number of unbranched alkanes of at least 4 members (excludes halogenated alkanes) is 28. The van der Waals surface area contributed by atoms with Gasteiger partial charge in [0, 0.05) is 5.88 Å². The molecule has 37 heavy (non-hydrogen) atoms. The third-order valence-electron chi connectivity index (χ3n) is 7.54. The van der Waals surface area contributed by atoms with Crippen LogP contribution in [0.5, 0.6) is 0 Å². The predicted octanol–water partition coefficient (Wildman–Crippen LogP) is 11.6. The molecule has 0 radical (unpaired) electrons. The van der Waals surface area contributed by atoms with Crippen molar-refractivity contribution in [2.24, 2.45) is 0 Å². The van der Waals surface area contributed by atoms with Crippen LogP contribution in [0, 0.1) is 0 Å². The molecule has 4 nitrogen and oxygen atoms in total. The van der Waals surface area contributed by atoms with Crippen molar-refractivity contribution < 1.29 is 18.9 Å². The van der Waals surface area contributed by atoms with Gasteiger partial charge in [-0.1, -0.05) is 173 Å². The van der Waals surface area contributed by atoms with Gasteiger partial charge in [-0.15, -0.1) is 11.6 Å². The lowest BCUT2D eigenvalue weighted by Gasteiger charge is -2.05. The van der Waals surface area contributed by atoms with Gasteiger partial charge in [0.05, 0.1) is 6.61 Å². The number of phosphoric acid groups is 1. The van der Waals surface area contributed by atoms with Crippen molar-refractivity contribution in [3.8, 4) is 0 Å². The van der Waals surface area contributed by atoms with E-state index in [0.717, 1.165) is 25.1 Å². The molecule has 0 aliphatic carbocycles. The largest absolute Gasteiger partial charge is 0.469 e. The highest BCUT2D eigenvalue weighted by Gasteiger charge is 2.12. The van der Waals surface area contributed by atoms with Crippen LogP contribution in [0.15, 0.2) is 0 Å². The Morgan fingerprint density at radius 2 is 0.568 bits per heavy atom. The van der Waals surface area contributed by atoms with Crippen molar-refractivity contribution >= 4 is 19.4 Å². The molecule has 0 heterocycles. The predicted molar refractivity (Wildman–Crippen MR) is 163 cm³/mol. The maximum Gasteiger partial charge on any atom is 0.469 e. The Bertz CT molecular complexity index is 472. The third-order valence-corrected chi connectivity index (χ3v) is 8.32. The summed E-state index contributed by atoms with van der Waals surface area (Å²) in [5, 5.41) is 0. The lowest BCUT2D eigenvalue weighted by molar-refractivity contribution is 0.193. The average molecular weight is 567 g/mol. The molecule has 0 unspecified atom stereocenters. The van der Waals surface area contributed by atoms with E-state index in [0.29, 0.717) is 0 Å². The van der Waals surface area contributed by atoms with Crippen molar-refractivity contribution in [1.29, 1.82) is 0 Å². The van der Waals surface area contributed by atoms with Crippen molar-refractivity contribution in [2.75, 3.05) is 12.5 Å². The molecule has 0 spiro atoms. The van der Waals surface area contributed by atoms with Crippen LogP contribution in [-0.2, 0) is 9.09 Å². The summed E-state index contributed by atoms with van der Waals surface area (Å²) in [7, 11) is -4.27. The molecule has 0 saturated carbocycles. The van der Waals surface area contributed by atoms with Crippen LogP contribution < -0.4 is 0 Å². The molecule has 0 saturated heterocycles. The average Bonchev–Trinajstić information content (AvgIpc) is 2.86. The molecule has 6 heteroatoms. The van der Waals surface area contributed by atoms with Crippen LogP contribution in [0.3, 0.4) is 0 Å². The summed E-state index contributed by atoms with van der Waals surface area (Å²) in [6.07, 6.45) is 39.2. The van der Waals surface area contributed by atoms with E-state index in [1.807, 2.05) is 0 Å². The Balaban J connectivity index is 3.04. The van der Waals surface area contributed by atoms with E-state index in [1.165, 1.54) is 167 Å². The molecule has 0 aliphatic heterocycles. The molecule has 0 aromatic carbocycles. The fourth-order valence-electron chi connectivity index (χ4n) is 5.15. The molecule has 0 aromatic rings. The lowest BCUT2D eigenvalue weighted by Crippen LogP contribution is -1.92. The van der Waals surface area contributed by atoms with E-state index in [1.54, 1.807) is 0 Å². The number of halogens is 1. The van der Waals surface area contributed by atoms with E-state index in [4.69, 9.17) is 21.4 Å². The topological polar surface area (TPSA) is 66.8 Å². The molecule has 0 fully saturated rings. The highest BCUT2D eigenvalue weighted by atomic mass is 35.5. The second kappa shape index (κ2) is 30.9. The lowest BCUT2D eigenvalue weighted by atomic mass is 10.0. The maximum atomic E-state index is 10.6. The standard InChI is InChI=1S/C31H64ClO4P/c32-30-28-26-24-22-20-18-16-14-12-10-8-6-4-2-1-3-5-7-9-11-13-15-17-19-21-23-25-27-29-31-36-37(33,34)35/h1-31H2,(H2,33,34,35). The van der Waals surface area contributed by atoms with Crippen LogP contribution in [0.1, 0.15) is 186 Å². The number of phosphoric ester groups is 1. The van der Waals surface area contributed by atoms with Gasteiger partial charge < -0.3 is 9.79 Å². The van der Waals surface area contributed by atoms with Crippen LogP contribution in [0.25, 0.3) is 0 Å².